The molecule has 4 aromatic rings. The Morgan fingerprint density at radius 2 is 1.74 bits per heavy atom. The second kappa shape index (κ2) is 9.05. The lowest BCUT2D eigenvalue weighted by Gasteiger charge is -2.14. The molecule has 0 saturated carbocycles. The average Bonchev–Trinajstić information content (AvgIpc) is 3.27. The zero-order valence-electron chi connectivity index (χ0n) is 19.8. The molecule has 0 atom stereocenters. The van der Waals surface area contributed by atoms with Gasteiger partial charge < -0.3 is 10.1 Å². The van der Waals surface area contributed by atoms with E-state index in [9.17, 15) is 18.0 Å². The molecule has 35 heavy (non-hydrogen) atoms. The molecule has 0 aliphatic carbocycles. The quantitative estimate of drug-likeness (QED) is 0.399. The summed E-state index contributed by atoms with van der Waals surface area (Å²) in [5, 5.41) is 7.31. The SMILES string of the molecule is COc1ccc(-c2cc(C(=O)NCc3cccc(C(F)(F)F)c3)n3nc(C(C)(C)C)cc3n2)cc1. The number of carbonyl (C=O) groups is 1. The number of fused-ring (bicyclic) bond motifs is 1. The molecule has 0 saturated heterocycles. The van der Waals surface area contributed by atoms with Crippen LogP contribution >= 0.6 is 0 Å². The third-order valence-corrected chi connectivity index (χ3v) is 5.52. The van der Waals surface area contributed by atoms with Gasteiger partial charge in [0, 0.05) is 23.6 Å². The number of hydrogen-bond donors (Lipinski definition) is 1. The Labute approximate surface area is 200 Å². The standard InChI is InChI=1S/C26H25F3N4O2/c1-25(2,3)22-14-23-31-20(17-8-10-19(35-4)11-9-17)13-21(33(23)32-22)24(34)30-15-16-6-5-7-18(12-16)26(27,28)29/h5-14H,15H2,1-4H3,(H,30,34). The molecular weight excluding hydrogens is 457 g/mol. The largest absolute Gasteiger partial charge is 0.497 e. The fourth-order valence-electron chi connectivity index (χ4n) is 3.54. The van der Waals surface area contributed by atoms with Crippen molar-refractivity contribution in [2.24, 2.45) is 0 Å². The van der Waals surface area contributed by atoms with Gasteiger partial charge in [0.1, 0.15) is 11.4 Å². The molecule has 0 unspecified atom stereocenters. The van der Waals surface area contributed by atoms with Crippen molar-refractivity contribution in [1.29, 1.82) is 0 Å². The molecule has 0 bridgehead atoms. The number of nitrogens with one attached hydrogen (secondary N) is 1. The fraction of sp³-hybridized carbons (Fsp3) is 0.269. The number of carbonyl (C=O) groups excluding carboxylic acids is 1. The molecule has 1 N–H and O–H groups in total. The molecule has 0 aliphatic heterocycles. The third-order valence-electron chi connectivity index (χ3n) is 5.52. The van der Waals surface area contributed by atoms with Gasteiger partial charge in [-0.2, -0.15) is 18.3 Å². The smallest absolute Gasteiger partial charge is 0.416 e. The first-order valence-corrected chi connectivity index (χ1v) is 11.0. The number of alkyl halides is 3. The van der Waals surface area contributed by atoms with Crippen molar-refractivity contribution in [3.8, 4) is 17.0 Å². The van der Waals surface area contributed by atoms with Crippen LogP contribution in [-0.2, 0) is 18.1 Å². The number of methoxy groups -OCH3 is 1. The van der Waals surface area contributed by atoms with Crippen molar-refractivity contribution in [2.75, 3.05) is 7.11 Å². The third kappa shape index (κ3) is 5.29. The van der Waals surface area contributed by atoms with E-state index < -0.39 is 17.6 Å². The summed E-state index contributed by atoms with van der Waals surface area (Å²) in [7, 11) is 1.58. The lowest BCUT2D eigenvalue weighted by Crippen LogP contribution is -2.26. The van der Waals surface area contributed by atoms with E-state index in [1.165, 1.54) is 16.6 Å². The first kappa shape index (κ1) is 24.3. The monoisotopic (exact) mass is 482 g/mol. The number of rotatable bonds is 5. The Balaban J connectivity index is 1.71. The topological polar surface area (TPSA) is 68.5 Å². The maximum Gasteiger partial charge on any atom is 0.416 e. The Hall–Kier alpha value is -3.88. The number of benzene rings is 2. The molecular formula is C26H25F3N4O2. The number of amides is 1. The molecule has 6 nitrogen and oxygen atoms in total. The van der Waals surface area contributed by atoms with Gasteiger partial charge in [0.2, 0.25) is 0 Å². The molecule has 9 heteroatoms. The van der Waals surface area contributed by atoms with Gasteiger partial charge in [-0.3, -0.25) is 4.79 Å². The predicted octanol–water partition coefficient (Wildman–Crippen LogP) is 5.65. The minimum Gasteiger partial charge on any atom is -0.497 e. The second-order valence-corrected chi connectivity index (χ2v) is 9.19. The van der Waals surface area contributed by atoms with Crippen molar-refractivity contribution >= 4 is 11.6 Å². The number of hydrogen-bond acceptors (Lipinski definition) is 4. The van der Waals surface area contributed by atoms with E-state index >= 15 is 0 Å². The van der Waals surface area contributed by atoms with E-state index in [0.29, 0.717) is 22.7 Å². The van der Waals surface area contributed by atoms with Gasteiger partial charge in [-0.1, -0.05) is 32.9 Å². The molecule has 182 valence electrons. The molecule has 2 aromatic heterocycles. The van der Waals surface area contributed by atoms with Gasteiger partial charge in [0.05, 0.1) is 24.1 Å². The molecule has 4 rings (SSSR count). The predicted molar refractivity (Wildman–Crippen MR) is 126 cm³/mol. The summed E-state index contributed by atoms with van der Waals surface area (Å²) in [4.78, 5) is 17.9. The Morgan fingerprint density at radius 1 is 1.03 bits per heavy atom. The van der Waals surface area contributed by atoms with E-state index in [2.05, 4.69) is 15.4 Å². The number of nitrogens with zero attached hydrogens (tertiary/aromatic N) is 3. The van der Waals surface area contributed by atoms with Crippen LogP contribution < -0.4 is 10.1 Å². The number of halogens is 3. The molecule has 2 heterocycles. The first-order chi connectivity index (χ1) is 16.5. The highest BCUT2D eigenvalue weighted by atomic mass is 19.4. The van der Waals surface area contributed by atoms with E-state index in [0.717, 1.165) is 23.4 Å². The van der Waals surface area contributed by atoms with Gasteiger partial charge in [-0.25, -0.2) is 9.50 Å². The fourth-order valence-corrected chi connectivity index (χ4v) is 3.54. The Kier molecular flexibility index (Phi) is 6.27. The maximum absolute atomic E-state index is 13.2. The van der Waals surface area contributed by atoms with E-state index in [1.807, 2.05) is 39.0 Å². The van der Waals surface area contributed by atoms with Gasteiger partial charge in [0.15, 0.2) is 5.65 Å². The number of aromatic nitrogens is 3. The summed E-state index contributed by atoms with van der Waals surface area (Å²) in [5.41, 5.74) is 2.10. The minimum atomic E-state index is -4.46. The van der Waals surface area contributed by atoms with Crippen molar-refractivity contribution in [3.05, 3.63) is 83.2 Å². The van der Waals surface area contributed by atoms with Crippen LogP contribution in [0.15, 0.2) is 60.7 Å². The van der Waals surface area contributed by atoms with E-state index in [4.69, 9.17) is 4.74 Å². The lowest BCUT2D eigenvalue weighted by molar-refractivity contribution is -0.137. The lowest BCUT2D eigenvalue weighted by atomic mass is 9.93. The van der Waals surface area contributed by atoms with E-state index in [1.54, 1.807) is 25.3 Å². The van der Waals surface area contributed by atoms with Gasteiger partial charge in [0.25, 0.3) is 5.91 Å². The number of ether oxygens (including phenoxy) is 1. The molecule has 0 spiro atoms. The summed E-state index contributed by atoms with van der Waals surface area (Å²) in [6, 6.07) is 15.6. The molecule has 2 aromatic carbocycles. The molecule has 0 fully saturated rings. The summed E-state index contributed by atoms with van der Waals surface area (Å²) in [6.45, 7) is 5.95. The first-order valence-electron chi connectivity index (χ1n) is 11.0. The minimum absolute atomic E-state index is 0.0716. The molecule has 0 aliphatic rings. The normalized spacial score (nSPS) is 12.1. The highest BCUT2D eigenvalue weighted by Gasteiger charge is 2.30. The van der Waals surface area contributed by atoms with Gasteiger partial charge >= 0.3 is 6.18 Å². The maximum atomic E-state index is 13.2. The van der Waals surface area contributed by atoms with Crippen LogP contribution in [0, 0.1) is 0 Å². The highest BCUT2D eigenvalue weighted by molar-refractivity contribution is 5.94. The average molecular weight is 483 g/mol. The van der Waals surface area contributed by atoms with Crippen molar-refractivity contribution in [3.63, 3.8) is 0 Å². The molecule has 0 radical (unpaired) electrons. The zero-order chi connectivity index (χ0) is 25.4. The van der Waals surface area contributed by atoms with Gasteiger partial charge in [-0.15, -0.1) is 0 Å². The Morgan fingerprint density at radius 3 is 2.37 bits per heavy atom. The van der Waals surface area contributed by atoms with Crippen LogP contribution in [0.2, 0.25) is 0 Å². The van der Waals surface area contributed by atoms with Crippen LogP contribution in [0.4, 0.5) is 13.2 Å². The van der Waals surface area contributed by atoms with Crippen LogP contribution in [0.5, 0.6) is 5.75 Å². The van der Waals surface area contributed by atoms with Crippen molar-refractivity contribution in [2.45, 2.75) is 38.9 Å². The molecule has 1 amide bonds. The zero-order valence-corrected chi connectivity index (χ0v) is 19.8. The second-order valence-electron chi connectivity index (χ2n) is 9.19. The summed E-state index contributed by atoms with van der Waals surface area (Å²) < 4.78 is 45.8. The van der Waals surface area contributed by atoms with Crippen LogP contribution in [0.25, 0.3) is 16.9 Å². The highest BCUT2D eigenvalue weighted by Crippen LogP contribution is 2.30. The Bertz CT molecular complexity index is 1370. The summed E-state index contributed by atoms with van der Waals surface area (Å²) in [6.07, 6.45) is -4.46. The van der Waals surface area contributed by atoms with Crippen molar-refractivity contribution in [1.82, 2.24) is 19.9 Å². The van der Waals surface area contributed by atoms with Gasteiger partial charge in [-0.05, 0) is 48.0 Å². The van der Waals surface area contributed by atoms with Crippen molar-refractivity contribution < 1.29 is 22.7 Å². The van der Waals surface area contributed by atoms with Crippen LogP contribution in [0.1, 0.15) is 48.1 Å². The van der Waals surface area contributed by atoms with Crippen LogP contribution in [0.3, 0.4) is 0 Å². The summed E-state index contributed by atoms with van der Waals surface area (Å²) >= 11 is 0. The van der Waals surface area contributed by atoms with Crippen LogP contribution in [-0.4, -0.2) is 27.6 Å². The summed E-state index contributed by atoms with van der Waals surface area (Å²) in [5.74, 6) is 0.210. The van der Waals surface area contributed by atoms with E-state index in [-0.39, 0.29) is 17.7 Å².